The first-order valence-corrected chi connectivity index (χ1v) is 13.2. The Kier molecular flexibility index (Phi) is 7.99. The van der Waals surface area contributed by atoms with Gasteiger partial charge < -0.3 is 19.3 Å². The van der Waals surface area contributed by atoms with Gasteiger partial charge >= 0.3 is 6.09 Å². The fourth-order valence-electron chi connectivity index (χ4n) is 4.00. The van der Waals surface area contributed by atoms with Crippen molar-refractivity contribution in [3.63, 3.8) is 0 Å². The van der Waals surface area contributed by atoms with Crippen LogP contribution in [0.1, 0.15) is 18.2 Å². The minimum atomic E-state index is -0.693. The highest BCUT2D eigenvalue weighted by molar-refractivity contribution is 7.21. The molecule has 1 atom stereocenters. The van der Waals surface area contributed by atoms with Crippen molar-refractivity contribution in [1.29, 1.82) is 0 Å². The standard InChI is InChI=1S/C28H26FN5O5S/c1-15-8-19(26-22(9-15)33-25(37-3)13-31-26)27-34-21-10-20(29)23(11-24(21)40-27)39-16(2)14-38-28(36)32-18-5-4-17(6-7-35)30-12-18/h4-5,8-13,16,35H,6-7,14H2,1-3H3,(H,32,36)/t16-/m0/s1. The molecule has 0 unspecified atom stereocenters. The van der Waals surface area contributed by atoms with E-state index in [0.717, 1.165) is 15.8 Å². The number of hydrogen-bond acceptors (Lipinski definition) is 10. The van der Waals surface area contributed by atoms with Crippen LogP contribution in [-0.2, 0) is 11.2 Å². The minimum absolute atomic E-state index is 0.00744. The Balaban J connectivity index is 1.28. The number of halogens is 1. The van der Waals surface area contributed by atoms with Gasteiger partial charge in [0.1, 0.15) is 17.7 Å². The first kappa shape index (κ1) is 27.2. The monoisotopic (exact) mass is 563 g/mol. The maximum absolute atomic E-state index is 14.9. The topological polar surface area (TPSA) is 129 Å². The molecule has 5 aromatic rings. The molecular formula is C28H26FN5O5S. The Morgan fingerprint density at radius 2 is 1.98 bits per heavy atom. The molecule has 0 fully saturated rings. The van der Waals surface area contributed by atoms with Gasteiger partial charge in [0, 0.05) is 36.4 Å². The maximum Gasteiger partial charge on any atom is 0.411 e. The van der Waals surface area contributed by atoms with Gasteiger partial charge in [-0.15, -0.1) is 11.3 Å². The summed E-state index contributed by atoms with van der Waals surface area (Å²) in [6.45, 7) is 3.52. The van der Waals surface area contributed by atoms with Gasteiger partial charge in [-0.25, -0.2) is 24.1 Å². The zero-order chi connectivity index (χ0) is 28.2. The molecule has 12 heteroatoms. The van der Waals surface area contributed by atoms with Crippen molar-refractivity contribution >= 4 is 44.4 Å². The van der Waals surface area contributed by atoms with E-state index in [1.807, 2.05) is 19.1 Å². The molecule has 206 valence electrons. The largest absolute Gasteiger partial charge is 0.484 e. The van der Waals surface area contributed by atoms with Gasteiger partial charge in [-0.05, 0) is 43.7 Å². The third-order valence-electron chi connectivity index (χ3n) is 5.87. The quantitative estimate of drug-likeness (QED) is 0.245. The summed E-state index contributed by atoms with van der Waals surface area (Å²) < 4.78 is 31.8. The highest BCUT2D eigenvalue weighted by Gasteiger charge is 2.17. The number of amides is 1. The van der Waals surface area contributed by atoms with E-state index < -0.39 is 18.0 Å². The molecule has 0 spiro atoms. The number of aliphatic hydroxyl groups is 1. The number of aliphatic hydroxyl groups excluding tert-OH is 1. The second kappa shape index (κ2) is 11.8. The highest BCUT2D eigenvalue weighted by Crippen LogP contribution is 2.37. The van der Waals surface area contributed by atoms with Crippen molar-refractivity contribution in [2.75, 3.05) is 25.6 Å². The predicted octanol–water partition coefficient (Wildman–Crippen LogP) is 5.31. The number of benzene rings is 2. The van der Waals surface area contributed by atoms with E-state index in [1.54, 1.807) is 31.3 Å². The second-order valence-corrected chi connectivity index (χ2v) is 10.1. The molecule has 2 aromatic carbocycles. The summed E-state index contributed by atoms with van der Waals surface area (Å²) in [7, 11) is 1.54. The van der Waals surface area contributed by atoms with Crippen molar-refractivity contribution in [2.24, 2.45) is 0 Å². The van der Waals surface area contributed by atoms with Crippen LogP contribution in [0.3, 0.4) is 0 Å². The minimum Gasteiger partial charge on any atom is -0.484 e. The number of carbonyl (C=O) groups excluding carboxylic acids is 1. The van der Waals surface area contributed by atoms with Gasteiger partial charge in [-0.3, -0.25) is 10.3 Å². The molecule has 3 heterocycles. The number of methoxy groups -OCH3 is 1. The molecule has 0 saturated carbocycles. The Hall–Kier alpha value is -4.42. The number of fused-ring (bicyclic) bond motifs is 2. The fourth-order valence-corrected chi connectivity index (χ4v) is 5.00. The summed E-state index contributed by atoms with van der Waals surface area (Å²) >= 11 is 1.39. The second-order valence-electron chi connectivity index (χ2n) is 9.03. The molecule has 3 aromatic heterocycles. The zero-order valence-electron chi connectivity index (χ0n) is 22.0. The SMILES string of the molecule is COc1cnc2c(-c3nc4cc(F)c(O[C@@H](C)COC(=O)Nc5ccc(CCO)nc5)cc4s3)cc(C)cc2n1. The molecule has 10 nitrogen and oxygen atoms in total. The number of rotatable bonds is 9. The summed E-state index contributed by atoms with van der Waals surface area (Å²) in [5.41, 5.74) is 4.76. The van der Waals surface area contributed by atoms with Crippen molar-refractivity contribution in [1.82, 2.24) is 19.9 Å². The van der Waals surface area contributed by atoms with Gasteiger partial charge in [0.05, 0.1) is 46.4 Å². The highest BCUT2D eigenvalue weighted by atomic mass is 32.1. The number of carbonyl (C=O) groups is 1. The molecule has 1 amide bonds. The van der Waals surface area contributed by atoms with E-state index in [0.29, 0.717) is 45.2 Å². The van der Waals surface area contributed by atoms with Gasteiger partial charge in [-0.1, -0.05) is 0 Å². The van der Waals surface area contributed by atoms with E-state index in [2.05, 4.69) is 25.3 Å². The molecule has 2 N–H and O–H groups in total. The van der Waals surface area contributed by atoms with E-state index in [1.165, 1.54) is 30.7 Å². The van der Waals surface area contributed by atoms with E-state index in [-0.39, 0.29) is 19.0 Å². The normalized spacial score (nSPS) is 11.9. The van der Waals surface area contributed by atoms with Crippen molar-refractivity contribution < 1.29 is 28.5 Å². The van der Waals surface area contributed by atoms with Crippen LogP contribution in [-0.4, -0.2) is 57.6 Å². The number of hydrogen-bond donors (Lipinski definition) is 2. The number of aryl methyl sites for hydroxylation is 1. The van der Waals surface area contributed by atoms with Crippen LogP contribution in [0.5, 0.6) is 11.6 Å². The van der Waals surface area contributed by atoms with Crippen molar-refractivity contribution in [2.45, 2.75) is 26.4 Å². The van der Waals surface area contributed by atoms with Gasteiger partial charge in [0.25, 0.3) is 0 Å². The fraction of sp³-hybridized carbons (Fsp3) is 0.250. The van der Waals surface area contributed by atoms with Crippen LogP contribution in [0, 0.1) is 12.7 Å². The Morgan fingerprint density at radius 3 is 2.73 bits per heavy atom. The third-order valence-corrected chi connectivity index (χ3v) is 6.92. The molecule has 5 rings (SSSR count). The van der Waals surface area contributed by atoms with Crippen LogP contribution < -0.4 is 14.8 Å². The van der Waals surface area contributed by atoms with Crippen molar-refractivity contribution in [3.8, 4) is 22.2 Å². The average molecular weight is 564 g/mol. The van der Waals surface area contributed by atoms with E-state index in [9.17, 15) is 9.18 Å². The summed E-state index contributed by atoms with van der Waals surface area (Å²) in [5, 5.41) is 12.2. The van der Waals surface area contributed by atoms with Gasteiger partial charge in [-0.2, -0.15) is 0 Å². The Bertz CT molecular complexity index is 1680. The molecule has 40 heavy (non-hydrogen) atoms. The number of pyridine rings is 1. The number of nitrogens with one attached hydrogen (secondary N) is 1. The lowest BCUT2D eigenvalue weighted by Crippen LogP contribution is -2.24. The molecule has 0 aliphatic carbocycles. The van der Waals surface area contributed by atoms with Gasteiger partial charge in [0.15, 0.2) is 11.6 Å². The summed E-state index contributed by atoms with van der Waals surface area (Å²) in [4.78, 5) is 29.9. The van der Waals surface area contributed by atoms with E-state index in [4.69, 9.17) is 19.3 Å². The third kappa shape index (κ3) is 6.08. The first-order valence-electron chi connectivity index (χ1n) is 12.4. The van der Waals surface area contributed by atoms with Crippen molar-refractivity contribution in [3.05, 3.63) is 65.9 Å². The molecule has 0 aliphatic heterocycles. The molecule has 0 radical (unpaired) electrons. The lowest BCUT2D eigenvalue weighted by molar-refractivity contribution is 0.0969. The zero-order valence-corrected chi connectivity index (χ0v) is 22.8. The van der Waals surface area contributed by atoms with Crippen LogP contribution in [0.2, 0.25) is 0 Å². The first-order chi connectivity index (χ1) is 19.3. The summed E-state index contributed by atoms with van der Waals surface area (Å²) in [6.07, 6.45) is 2.14. The number of nitrogens with zero attached hydrogens (tertiary/aromatic N) is 4. The number of anilines is 1. The average Bonchev–Trinajstić information content (AvgIpc) is 3.35. The van der Waals surface area contributed by atoms with Crippen LogP contribution in [0.4, 0.5) is 14.9 Å². The Labute approximate surface area is 232 Å². The van der Waals surface area contributed by atoms with E-state index >= 15 is 0 Å². The summed E-state index contributed by atoms with van der Waals surface area (Å²) in [6, 6.07) is 10.2. The molecular weight excluding hydrogens is 537 g/mol. The van der Waals surface area contributed by atoms with Gasteiger partial charge in [0.2, 0.25) is 5.88 Å². The lowest BCUT2D eigenvalue weighted by Gasteiger charge is -2.15. The Morgan fingerprint density at radius 1 is 1.12 bits per heavy atom. The van der Waals surface area contributed by atoms with Crippen LogP contribution in [0.25, 0.3) is 31.8 Å². The molecule has 0 aliphatic rings. The molecule has 0 bridgehead atoms. The smallest absolute Gasteiger partial charge is 0.411 e. The predicted molar refractivity (Wildman–Crippen MR) is 149 cm³/mol. The lowest BCUT2D eigenvalue weighted by atomic mass is 10.1. The number of ether oxygens (including phenoxy) is 3. The molecule has 0 saturated heterocycles. The maximum atomic E-state index is 14.9. The number of thiazole rings is 1. The van der Waals surface area contributed by atoms with Crippen LogP contribution >= 0.6 is 11.3 Å². The van der Waals surface area contributed by atoms with Crippen LogP contribution in [0.15, 0.2) is 48.8 Å². The summed E-state index contributed by atoms with van der Waals surface area (Å²) in [5.74, 6) is -0.132. The number of aromatic nitrogens is 4.